The van der Waals surface area contributed by atoms with Gasteiger partial charge in [0.15, 0.2) is 0 Å². The predicted octanol–water partition coefficient (Wildman–Crippen LogP) is 5.91. The molecule has 1 saturated heterocycles. The number of anilines is 2. The lowest BCUT2D eigenvalue weighted by molar-refractivity contribution is -0.126. The maximum Gasteiger partial charge on any atom is 0.246 e. The number of pyridine rings is 1. The Morgan fingerprint density at radius 3 is 2.88 bits per heavy atom. The van der Waals surface area contributed by atoms with Gasteiger partial charge in [-0.1, -0.05) is 6.08 Å². The molecule has 0 radical (unpaired) electrons. The van der Waals surface area contributed by atoms with Crippen molar-refractivity contribution in [3.8, 4) is 17.6 Å². The van der Waals surface area contributed by atoms with Gasteiger partial charge in [-0.2, -0.15) is 5.26 Å². The summed E-state index contributed by atoms with van der Waals surface area (Å²) in [7, 11) is 0. The van der Waals surface area contributed by atoms with Crippen molar-refractivity contribution < 1.29 is 9.53 Å². The van der Waals surface area contributed by atoms with E-state index in [0.717, 1.165) is 76.0 Å². The Hall–Kier alpha value is -4.33. The lowest BCUT2D eigenvalue weighted by Gasteiger charge is -2.28. The third-order valence-electron chi connectivity index (χ3n) is 8.92. The second kappa shape index (κ2) is 11.4. The molecule has 10 heteroatoms. The van der Waals surface area contributed by atoms with Gasteiger partial charge in [-0.25, -0.2) is 9.97 Å². The lowest BCUT2D eigenvalue weighted by atomic mass is 9.96. The molecule has 3 aromatic heterocycles. The molecule has 1 unspecified atom stereocenters. The van der Waals surface area contributed by atoms with Crippen LogP contribution in [0, 0.1) is 37.0 Å². The number of nitriles is 1. The summed E-state index contributed by atoms with van der Waals surface area (Å²) in [5.74, 6) is 3.00. The summed E-state index contributed by atoms with van der Waals surface area (Å²) >= 11 is 1.64. The molecule has 1 aliphatic carbocycles. The predicted molar refractivity (Wildman–Crippen MR) is 166 cm³/mol. The smallest absolute Gasteiger partial charge is 0.246 e. The van der Waals surface area contributed by atoms with Crippen molar-refractivity contribution in [2.24, 2.45) is 11.8 Å². The van der Waals surface area contributed by atoms with Crippen molar-refractivity contribution in [1.82, 2.24) is 24.8 Å². The largest absolute Gasteiger partial charge is 0.455 e. The maximum absolute atomic E-state index is 13.1. The minimum atomic E-state index is 0.0472. The average molecular weight is 592 g/mol. The molecule has 1 saturated carbocycles. The Balaban J connectivity index is 1.02. The van der Waals surface area contributed by atoms with Crippen molar-refractivity contribution in [3.05, 3.63) is 76.7 Å². The van der Waals surface area contributed by atoms with Crippen LogP contribution in [0.4, 0.5) is 11.5 Å². The first-order valence-corrected chi connectivity index (χ1v) is 15.6. The average Bonchev–Trinajstić information content (AvgIpc) is 3.72. The van der Waals surface area contributed by atoms with E-state index in [2.05, 4.69) is 31.2 Å². The number of piperidine rings is 1. The zero-order valence-corrected chi connectivity index (χ0v) is 25.1. The van der Waals surface area contributed by atoms with Gasteiger partial charge < -0.3 is 15.0 Å². The molecule has 9 nitrogen and oxygen atoms in total. The maximum atomic E-state index is 13.1. The van der Waals surface area contributed by atoms with E-state index < -0.39 is 0 Å². The van der Waals surface area contributed by atoms with Crippen molar-refractivity contribution >= 4 is 39.0 Å². The van der Waals surface area contributed by atoms with E-state index >= 15 is 0 Å². The summed E-state index contributed by atoms with van der Waals surface area (Å²) in [6.07, 6.45) is 9.89. The molecule has 0 spiro atoms. The molecule has 4 aromatic rings. The standard InChI is InChI=1S/C33H33N7O2S/c1-20-12-24(6-8-28(20)42-26-7-5-21(2)35-16-26)38-32-31-27-9-11-40(18-29(27)43-33(31)37-19-36-32)30(41)4-3-10-39-17-23-14-25(39)13-22(23)15-34/h3-8,12,16,19,22-23,25H,9-11,13-14,17-18H2,1-2H3,(H,36,37,38)/b4-3+/t22?,23-,25+/m1/s1. The van der Waals surface area contributed by atoms with Crippen molar-refractivity contribution in [2.75, 3.05) is 25.0 Å². The second-order valence-corrected chi connectivity index (χ2v) is 12.8. The second-order valence-electron chi connectivity index (χ2n) is 11.7. The van der Waals surface area contributed by atoms with Gasteiger partial charge in [0.25, 0.3) is 0 Å². The number of fused-ring (bicyclic) bond motifs is 5. The molecule has 3 aliphatic rings. The van der Waals surface area contributed by atoms with E-state index in [1.165, 1.54) is 5.56 Å². The number of nitrogens with one attached hydrogen (secondary N) is 1. The highest BCUT2D eigenvalue weighted by atomic mass is 32.1. The molecule has 43 heavy (non-hydrogen) atoms. The number of benzene rings is 1. The normalized spacial score (nSPS) is 21.3. The molecule has 1 N–H and O–H groups in total. The summed E-state index contributed by atoms with van der Waals surface area (Å²) in [5.41, 5.74) is 4.08. The minimum absolute atomic E-state index is 0.0472. The number of ether oxygens (including phenoxy) is 1. The number of carbonyl (C=O) groups is 1. The number of aromatic nitrogens is 3. The van der Waals surface area contributed by atoms with Crippen molar-refractivity contribution in [3.63, 3.8) is 0 Å². The van der Waals surface area contributed by atoms with Gasteiger partial charge in [-0.15, -0.1) is 11.3 Å². The van der Waals surface area contributed by atoms with Crippen molar-refractivity contribution in [1.29, 1.82) is 5.26 Å². The number of hydrogen-bond acceptors (Lipinski definition) is 9. The number of likely N-dealkylation sites (tertiary alicyclic amines) is 1. The number of rotatable bonds is 7. The summed E-state index contributed by atoms with van der Waals surface area (Å²) in [6.45, 7) is 6.95. The van der Waals surface area contributed by atoms with Crippen LogP contribution in [-0.4, -0.2) is 56.3 Å². The third kappa shape index (κ3) is 5.46. The molecule has 5 heterocycles. The quantitative estimate of drug-likeness (QED) is 0.264. The SMILES string of the molecule is Cc1ccc(Oc2ccc(Nc3ncnc4sc5c(c34)CCN(C(=O)/C=C/CN3C[C@H]4C[C@@H]3CC4C#N)C5)cc2C)cn1. The Morgan fingerprint density at radius 2 is 2.12 bits per heavy atom. The topological polar surface area (TPSA) is 107 Å². The summed E-state index contributed by atoms with van der Waals surface area (Å²) in [4.78, 5) is 33.0. The first-order chi connectivity index (χ1) is 20.9. The number of thiophene rings is 1. The Kier molecular flexibility index (Phi) is 7.29. The molecular formula is C33H33N7O2S. The van der Waals surface area contributed by atoms with Gasteiger partial charge in [-0.05, 0) is 80.5 Å². The van der Waals surface area contributed by atoms with Gasteiger partial charge >= 0.3 is 0 Å². The Bertz CT molecular complexity index is 1760. The van der Waals surface area contributed by atoms with Crippen LogP contribution in [0.15, 0.2) is 55.0 Å². The summed E-state index contributed by atoms with van der Waals surface area (Å²) < 4.78 is 6.04. The number of carbonyl (C=O) groups excluding carboxylic acids is 1. The third-order valence-corrected chi connectivity index (χ3v) is 10.0. The lowest BCUT2D eigenvalue weighted by Crippen LogP contribution is -2.36. The Morgan fingerprint density at radius 1 is 1.21 bits per heavy atom. The minimum Gasteiger partial charge on any atom is -0.455 e. The van der Waals surface area contributed by atoms with Crippen LogP contribution in [0.2, 0.25) is 0 Å². The first-order valence-electron chi connectivity index (χ1n) is 14.8. The number of nitrogens with zero attached hydrogens (tertiary/aromatic N) is 6. The van der Waals surface area contributed by atoms with Crippen molar-refractivity contribution in [2.45, 2.75) is 45.7 Å². The fraction of sp³-hybridized carbons (Fsp3) is 0.364. The van der Waals surface area contributed by atoms with Crippen LogP contribution < -0.4 is 10.1 Å². The zero-order valence-electron chi connectivity index (χ0n) is 24.3. The molecule has 2 aliphatic heterocycles. The van der Waals surface area contributed by atoms with E-state index in [-0.39, 0.29) is 11.8 Å². The van der Waals surface area contributed by atoms with Crippen LogP contribution >= 0.6 is 11.3 Å². The fourth-order valence-corrected chi connectivity index (χ4v) is 7.86. The molecule has 3 atom stereocenters. The van der Waals surface area contributed by atoms with E-state index in [0.29, 0.717) is 30.8 Å². The van der Waals surface area contributed by atoms with Gasteiger partial charge in [0.05, 0.1) is 30.1 Å². The van der Waals surface area contributed by atoms with Crippen LogP contribution in [0.1, 0.15) is 34.5 Å². The highest BCUT2D eigenvalue weighted by molar-refractivity contribution is 7.19. The molecule has 218 valence electrons. The zero-order chi connectivity index (χ0) is 29.5. The van der Waals surface area contributed by atoms with Gasteiger partial charge in [0.2, 0.25) is 5.91 Å². The van der Waals surface area contributed by atoms with E-state index in [1.807, 2.05) is 55.2 Å². The Labute approximate surface area is 254 Å². The highest BCUT2D eigenvalue weighted by Gasteiger charge is 2.44. The van der Waals surface area contributed by atoms with Crippen LogP contribution in [0.3, 0.4) is 0 Å². The van der Waals surface area contributed by atoms with E-state index in [1.54, 1.807) is 29.9 Å². The molecule has 1 aromatic carbocycles. The van der Waals surface area contributed by atoms with Crippen LogP contribution in [0.5, 0.6) is 11.5 Å². The highest BCUT2D eigenvalue weighted by Crippen LogP contribution is 2.42. The molecular weight excluding hydrogens is 558 g/mol. The molecule has 1 amide bonds. The molecule has 2 bridgehead atoms. The monoisotopic (exact) mass is 591 g/mol. The van der Waals surface area contributed by atoms with Gasteiger partial charge in [0.1, 0.15) is 28.5 Å². The number of aryl methyl sites for hydroxylation is 2. The molecule has 7 rings (SSSR count). The van der Waals surface area contributed by atoms with E-state index in [4.69, 9.17) is 4.74 Å². The number of hydrogen-bond donors (Lipinski definition) is 1. The fourth-order valence-electron chi connectivity index (χ4n) is 6.65. The number of amides is 1. The van der Waals surface area contributed by atoms with Crippen LogP contribution in [0.25, 0.3) is 10.2 Å². The summed E-state index contributed by atoms with van der Waals surface area (Å²) in [6, 6.07) is 12.8. The van der Waals surface area contributed by atoms with E-state index in [9.17, 15) is 10.1 Å². The van der Waals surface area contributed by atoms with Gasteiger partial charge in [-0.3, -0.25) is 14.7 Å². The van der Waals surface area contributed by atoms with Gasteiger partial charge in [0, 0.05) is 48.0 Å². The molecule has 2 fully saturated rings. The van der Waals surface area contributed by atoms with Crippen LogP contribution in [-0.2, 0) is 17.8 Å². The summed E-state index contributed by atoms with van der Waals surface area (Å²) in [5, 5.41) is 13.8. The first kappa shape index (κ1) is 27.5.